The van der Waals surface area contributed by atoms with E-state index in [2.05, 4.69) is 6.92 Å². The predicted octanol–water partition coefficient (Wildman–Crippen LogP) is -0.482. The number of thioether (sulfide) groups is 1. The molecule has 0 aromatic carbocycles. The van der Waals surface area contributed by atoms with Crippen molar-refractivity contribution in [3.8, 4) is 0 Å². The van der Waals surface area contributed by atoms with Crippen LogP contribution in [0, 0.1) is 0 Å². The number of hydrogen-bond donors (Lipinski definition) is 7. The SMILES string of the molecule is CCCCCCCCCCOCCOCCS[C@@H]1O[C@H](CO)[C@@H](O[C@@H]2O[C@H](CO)[C@H](O)[C@H](O)[C@H]2O)[C@H](O)[C@H]1O. The van der Waals surface area contributed by atoms with Crippen molar-refractivity contribution >= 4 is 11.8 Å². The average Bonchev–Trinajstić information content (AvgIpc) is 2.94. The van der Waals surface area contributed by atoms with Gasteiger partial charge >= 0.3 is 0 Å². The summed E-state index contributed by atoms with van der Waals surface area (Å²) in [4.78, 5) is 0. The Kier molecular flexibility index (Phi) is 17.9. The second-order valence-electron chi connectivity index (χ2n) is 10.1. The molecule has 2 aliphatic heterocycles. The number of aliphatic hydroxyl groups is 7. The van der Waals surface area contributed by atoms with E-state index in [0.29, 0.717) is 25.6 Å². The van der Waals surface area contributed by atoms with Crippen LogP contribution in [0.2, 0.25) is 0 Å². The predicted molar refractivity (Wildman–Crippen MR) is 143 cm³/mol. The van der Waals surface area contributed by atoms with E-state index >= 15 is 0 Å². The summed E-state index contributed by atoms with van der Waals surface area (Å²) < 4.78 is 27.8. The van der Waals surface area contributed by atoms with Crippen LogP contribution in [0.15, 0.2) is 0 Å². The normalized spacial score (nSPS) is 35.4. The minimum atomic E-state index is -1.69. The van der Waals surface area contributed by atoms with Crippen molar-refractivity contribution < 1.29 is 59.4 Å². The van der Waals surface area contributed by atoms with Crippen molar-refractivity contribution in [1.29, 1.82) is 0 Å². The first-order chi connectivity index (χ1) is 18.8. The van der Waals surface area contributed by atoms with E-state index in [0.717, 1.165) is 13.0 Å². The lowest BCUT2D eigenvalue weighted by Crippen LogP contribution is -2.64. The topological polar surface area (TPSA) is 188 Å². The van der Waals surface area contributed by atoms with E-state index in [4.69, 9.17) is 23.7 Å². The minimum Gasteiger partial charge on any atom is -0.394 e. The molecule has 0 aromatic rings. The molecule has 2 aliphatic rings. The number of rotatable bonds is 20. The molecule has 2 fully saturated rings. The Morgan fingerprint density at radius 2 is 1.23 bits per heavy atom. The van der Waals surface area contributed by atoms with Crippen LogP contribution in [-0.2, 0) is 23.7 Å². The molecular formula is C26H50O12S. The van der Waals surface area contributed by atoms with Crippen molar-refractivity contribution in [2.45, 2.75) is 119 Å². The summed E-state index contributed by atoms with van der Waals surface area (Å²) in [6.45, 7) is 3.07. The number of ether oxygens (including phenoxy) is 5. The van der Waals surface area contributed by atoms with Gasteiger partial charge in [0.25, 0.3) is 0 Å². The number of unbranched alkanes of at least 4 members (excludes halogenated alkanes) is 7. The van der Waals surface area contributed by atoms with Gasteiger partial charge in [-0.3, -0.25) is 0 Å². The molecule has 0 unspecified atom stereocenters. The van der Waals surface area contributed by atoms with Crippen LogP contribution in [0.4, 0.5) is 0 Å². The minimum absolute atomic E-state index is 0.378. The largest absolute Gasteiger partial charge is 0.394 e. The molecule has 0 amide bonds. The van der Waals surface area contributed by atoms with E-state index in [1.54, 1.807) is 0 Å². The molecule has 7 N–H and O–H groups in total. The fourth-order valence-corrected chi connectivity index (χ4v) is 5.60. The summed E-state index contributed by atoms with van der Waals surface area (Å²) in [6, 6.07) is 0. The van der Waals surface area contributed by atoms with Crippen molar-refractivity contribution in [3.05, 3.63) is 0 Å². The molecule has 2 saturated heterocycles. The lowest BCUT2D eigenvalue weighted by Gasteiger charge is -2.46. The summed E-state index contributed by atoms with van der Waals surface area (Å²) in [6.07, 6.45) is -2.92. The van der Waals surface area contributed by atoms with Crippen molar-refractivity contribution in [2.75, 3.05) is 45.4 Å². The Balaban J connectivity index is 1.62. The van der Waals surface area contributed by atoms with Crippen LogP contribution in [0.3, 0.4) is 0 Å². The zero-order valence-electron chi connectivity index (χ0n) is 23.0. The van der Waals surface area contributed by atoms with Gasteiger partial charge in [0, 0.05) is 12.4 Å². The maximum absolute atomic E-state index is 10.7. The standard InChI is InChI=1S/C26H50O12S/c1-2-3-4-5-6-7-8-9-10-34-11-12-35-13-14-39-26-23(33)21(31)24(18(16-28)37-26)38-25-22(32)20(30)19(29)17(15-27)36-25/h17-33H,2-16H2,1H3/t17-,18-,19+,20+,21-,22-,23-,24-,25+,26+/m1/s1. The maximum atomic E-state index is 10.7. The highest BCUT2D eigenvalue weighted by Crippen LogP contribution is 2.32. The van der Waals surface area contributed by atoms with Crippen LogP contribution >= 0.6 is 11.8 Å². The highest BCUT2D eigenvalue weighted by Gasteiger charge is 2.50. The van der Waals surface area contributed by atoms with Gasteiger partial charge < -0.3 is 59.4 Å². The Labute approximate surface area is 235 Å². The quantitative estimate of drug-likeness (QED) is 0.0907. The molecule has 0 bridgehead atoms. The second kappa shape index (κ2) is 19.9. The second-order valence-corrected chi connectivity index (χ2v) is 11.3. The smallest absolute Gasteiger partial charge is 0.187 e. The molecule has 2 heterocycles. The highest BCUT2D eigenvalue weighted by atomic mass is 32.2. The summed E-state index contributed by atoms with van der Waals surface area (Å²) in [5, 5.41) is 70.4. The molecule has 0 saturated carbocycles. The van der Waals surface area contributed by atoms with Crippen molar-refractivity contribution in [2.24, 2.45) is 0 Å². The van der Waals surface area contributed by atoms with Crippen LogP contribution in [0.25, 0.3) is 0 Å². The van der Waals surface area contributed by atoms with Gasteiger partial charge in [0.1, 0.15) is 54.3 Å². The van der Waals surface area contributed by atoms with Crippen LogP contribution in [-0.4, -0.2) is 142 Å². The lowest BCUT2D eigenvalue weighted by molar-refractivity contribution is -0.338. The molecule has 12 nitrogen and oxygen atoms in total. The van der Waals surface area contributed by atoms with Gasteiger partial charge in [-0.05, 0) is 6.42 Å². The summed E-state index contributed by atoms with van der Waals surface area (Å²) >= 11 is 1.21. The number of aliphatic hydroxyl groups excluding tert-OH is 7. The van der Waals surface area contributed by atoms with E-state index in [-0.39, 0.29) is 0 Å². The van der Waals surface area contributed by atoms with Crippen molar-refractivity contribution in [1.82, 2.24) is 0 Å². The zero-order chi connectivity index (χ0) is 28.6. The Hall–Kier alpha value is -0.130. The lowest BCUT2D eigenvalue weighted by atomic mass is 9.97. The molecule has 13 heteroatoms. The van der Waals surface area contributed by atoms with Gasteiger partial charge in [-0.25, -0.2) is 0 Å². The maximum Gasteiger partial charge on any atom is 0.187 e. The van der Waals surface area contributed by atoms with E-state index in [1.807, 2.05) is 0 Å². The average molecular weight is 587 g/mol. The molecule has 0 aromatic heterocycles. The Morgan fingerprint density at radius 1 is 0.615 bits per heavy atom. The van der Waals surface area contributed by atoms with Gasteiger partial charge in [-0.15, -0.1) is 11.8 Å². The highest BCUT2D eigenvalue weighted by molar-refractivity contribution is 7.99. The van der Waals surface area contributed by atoms with Crippen LogP contribution < -0.4 is 0 Å². The third-order valence-electron chi connectivity index (χ3n) is 6.98. The van der Waals surface area contributed by atoms with Gasteiger partial charge in [-0.1, -0.05) is 51.9 Å². The monoisotopic (exact) mass is 586 g/mol. The first-order valence-electron chi connectivity index (χ1n) is 14.2. The third kappa shape index (κ3) is 11.6. The Bertz CT molecular complexity index is 615. The van der Waals surface area contributed by atoms with Gasteiger partial charge in [-0.2, -0.15) is 0 Å². The van der Waals surface area contributed by atoms with Gasteiger partial charge in [0.15, 0.2) is 6.29 Å². The summed E-state index contributed by atoms with van der Waals surface area (Å²) in [7, 11) is 0. The number of hydrogen-bond acceptors (Lipinski definition) is 13. The molecule has 232 valence electrons. The first-order valence-corrected chi connectivity index (χ1v) is 15.3. The van der Waals surface area contributed by atoms with Crippen molar-refractivity contribution in [3.63, 3.8) is 0 Å². The molecule has 10 atom stereocenters. The zero-order valence-corrected chi connectivity index (χ0v) is 23.8. The van der Waals surface area contributed by atoms with Crippen LogP contribution in [0.1, 0.15) is 58.3 Å². The third-order valence-corrected chi connectivity index (χ3v) is 8.11. The molecule has 2 rings (SSSR count). The van der Waals surface area contributed by atoms with E-state index < -0.39 is 73.8 Å². The molecule has 39 heavy (non-hydrogen) atoms. The molecule has 0 radical (unpaired) electrons. The van der Waals surface area contributed by atoms with Gasteiger partial charge in [0.05, 0.1) is 33.0 Å². The molecule has 0 aliphatic carbocycles. The first kappa shape index (κ1) is 35.1. The molecule has 0 spiro atoms. The fraction of sp³-hybridized carbons (Fsp3) is 1.00. The Morgan fingerprint density at radius 3 is 1.87 bits per heavy atom. The summed E-state index contributed by atoms with van der Waals surface area (Å²) in [5.41, 5.74) is -0.867. The summed E-state index contributed by atoms with van der Waals surface area (Å²) in [5.74, 6) is 0.461. The van der Waals surface area contributed by atoms with Gasteiger partial charge in [0.2, 0.25) is 0 Å². The molecular weight excluding hydrogens is 536 g/mol. The van der Waals surface area contributed by atoms with E-state index in [1.165, 1.54) is 56.7 Å². The fourth-order valence-electron chi connectivity index (χ4n) is 4.58. The van der Waals surface area contributed by atoms with E-state index in [9.17, 15) is 35.7 Å². The van der Waals surface area contributed by atoms with Crippen LogP contribution in [0.5, 0.6) is 0 Å².